The highest BCUT2D eigenvalue weighted by molar-refractivity contribution is 7.92. The number of carbonyl (C=O) groups excluding carboxylic acids is 1. The van der Waals surface area contributed by atoms with Crippen molar-refractivity contribution in [3.63, 3.8) is 0 Å². The first-order valence-electron chi connectivity index (χ1n) is 7.21. The summed E-state index contributed by atoms with van der Waals surface area (Å²) in [4.78, 5) is 11.2. The Kier molecular flexibility index (Phi) is 5.61. The Hall–Kier alpha value is -1.52. The fraction of sp³-hybridized carbons (Fsp3) is 0.500. The number of carbonyl (C=O) groups is 1. The number of benzene rings is 1. The Morgan fingerprint density at radius 1 is 1.17 bits per heavy atom. The van der Waals surface area contributed by atoms with Crippen LogP contribution < -0.4 is 0 Å². The summed E-state index contributed by atoms with van der Waals surface area (Å²) in [6.07, 6.45) is 0.222. The molecule has 1 aromatic rings. The van der Waals surface area contributed by atoms with Crippen molar-refractivity contribution in [3.05, 3.63) is 30.1 Å². The maximum Gasteiger partial charge on any atom is 0.322 e. The minimum absolute atomic E-state index is 0.00438. The lowest BCUT2D eigenvalue weighted by atomic mass is 10.2. The molecule has 1 saturated heterocycles. The van der Waals surface area contributed by atoms with Crippen molar-refractivity contribution >= 4 is 25.8 Å². The van der Waals surface area contributed by atoms with Crippen molar-refractivity contribution in [1.82, 2.24) is 4.31 Å². The molecule has 0 spiro atoms. The van der Waals surface area contributed by atoms with Crippen LogP contribution in [0, 0.1) is 5.82 Å². The second kappa shape index (κ2) is 7.16. The fourth-order valence-corrected chi connectivity index (χ4v) is 5.63. The smallest absolute Gasteiger partial charge is 0.322 e. The van der Waals surface area contributed by atoms with Gasteiger partial charge in [-0.05, 0) is 37.1 Å². The van der Waals surface area contributed by atoms with E-state index in [2.05, 4.69) is 4.74 Å². The van der Waals surface area contributed by atoms with Crippen molar-refractivity contribution < 1.29 is 30.8 Å². The van der Waals surface area contributed by atoms with Crippen LogP contribution in [0.2, 0.25) is 0 Å². The fourth-order valence-electron chi connectivity index (χ4n) is 2.54. The first-order valence-corrected chi connectivity index (χ1v) is 10.4. The maximum absolute atomic E-state index is 12.9. The number of piperidine rings is 1. The van der Waals surface area contributed by atoms with Crippen molar-refractivity contribution in [2.45, 2.75) is 23.0 Å². The first-order chi connectivity index (χ1) is 11.2. The number of halogens is 1. The number of ether oxygens (including phenoxy) is 1. The molecule has 24 heavy (non-hydrogen) atoms. The molecule has 1 heterocycles. The SMILES string of the molecule is COC(=O)CS(=O)(=O)N1CCC(S(=O)(=O)c2ccc(F)cc2)CC1. The van der Waals surface area contributed by atoms with Crippen LogP contribution in [0.4, 0.5) is 4.39 Å². The maximum atomic E-state index is 12.9. The molecule has 134 valence electrons. The summed E-state index contributed by atoms with van der Waals surface area (Å²) in [5.41, 5.74) is 0. The van der Waals surface area contributed by atoms with Crippen LogP contribution in [0.1, 0.15) is 12.8 Å². The van der Waals surface area contributed by atoms with Gasteiger partial charge in [-0.25, -0.2) is 25.5 Å². The summed E-state index contributed by atoms with van der Waals surface area (Å²) in [5.74, 6) is -2.16. The lowest BCUT2D eigenvalue weighted by molar-refractivity contribution is -0.137. The highest BCUT2D eigenvalue weighted by Gasteiger charge is 2.35. The number of sulfonamides is 1. The molecule has 1 fully saturated rings. The quantitative estimate of drug-likeness (QED) is 0.548. The van der Waals surface area contributed by atoms with Crippen molar-refractivity contribution in [3.8, 4) is 0 Å². The van der Waals surface area contributed by atoms with Crippen LogP contribution in [0.5, 0.6) is 0 Å². The molecule has 2 rings (SSSR count). The van der Waals surface area contributed by atoms with E-state index in [-0.39, 0.29) is 30.8 Å². The third kappa shape index (κ3) is 4.11. The van der Waals surface area contributed by atoms with E-state index < -0.39 is 42.6 Å². The predicted molar refractivity (Wildman–Crippen MR) is 84.0 cm³/mol. The lowest BCUT2D eigenvalue weighted by Crippen LogP contribution is -2.44. The third-order valence-corrected chi connectivity index (χ3v) is 7.93. The highest BCUT2D eigenvalue weighted by atomic mass is 32.2. The molecule has 0 bridgehead atoms. The monoisotopic (exact) mass is 379 g/mol. The third-order valence-electron chi connectivity index (χ3n) is 3.90. The molecule has 0 aliphatic carbocycles. The molecule has 7 nitrogen and oxygen atoms in total. The van der Waals surface area contributed by atoms with E-state index in [1.165, 1.54) is 12.1 Å². The van der Waals surface area contributed by atoms with Crippen LogP contribution in [0.25, 0.3) is 0 Å². The molecule has 1 aliphatic heterocycles. The summed E-state index contributed by atoms with van der Waals surface area (Å²) >= 11 is 0. The molecule has 0 unspecified atom stereocenters. The lowest BCUT2D eigenvalue weighted by Gasteiger charge is -2.30. The van der Waals surface area contributed by atoms with E-state index in [0.717, 1.165) is 23.5 Å². The van der Waals surface area contributed by atoms with E-state index in [0.29, 0.717) is 0 Å². The van der Waals surface area contributed by atoms with Gasteiger partial charge >= 0.3 is 5.97 Å². The van der Waals surface area contributed by atoms with Crippen molar-refractivity contribution in [1.29, 1.82) is 0 Å². The molecule has 1 aliphatic rings. The van der Waals surface area contributed by atoms with Crippen LogP contribution in [0.3, 0.4) is 0 Å². The van der Waals surface area contributed by atoms with Crippen LogP contribution in [0.15, 0.2) is 29.2 Å². The van der Waals surface area contributed by atoms with Crippen molar-refractivity contribution in [2.24, 2.45) is 0 Å². The average molecular weight is 379 g/mol. The Bertz CT molecular complexity index is 796. The van der Waals surface area contributed by atoms with Gasteiger partial charge in [0.1, 0.15) is 5.82 Å². The molecule has 0 saturated carbocycles. The summed E-state index contributed by atoms with van der Waals surface area (Å²) in [6, 6.07) is 4.54. The van der Waals surface area contributed by atoms with E-state index in [9.17, 15) is 26.0 Å². The van der Waals surface area contributed by atoms with Gasteiger partial charge in [-0.3, -0.25) is 4.79 Å². The zero-order valence-corrected chi connectivity index (χ0v) is 14.6. The molecule has 1 aromatic carbocycles. The predicted octanol–water partition coefficient (Wildman–Crippen LogP) is 0.567. The molecule has 0 aromatic heterocycles. The summed E-state index contributed by atoms with van der Waals surface area (Å²) < 4.78 is 67.5. The number of methoxy groups -OCH3 is 1. The van der Waals surface area contributed by atoms with Gasteiger partial charge in [-0.2, -0.15) is 0 Å². The largest absolute Gasteiger partial charge is 0.468 e. The Labute approximate surface area is 140 Å². The second-order valence-corrected chi connectivity index (χ2v) is 9.63. The number of sulfone groups is 1. The number of nitrogens with zero attached hydrogens (tertiary/aromatic N) is 1. The number of rotatable bonds is 5. The van der Waals surface area contributed by atoms with E-state index in [1.54, 1.807) is 0 Å². The molecule has 0 atom stereocenters. The minimum atomic E-state index is -3.82. The zero-order chi connectivity index (χ0) is 18.0. The van der Waals surface area contributed by atoms with Gasteiger partial charge in [0, 0.05) is 13.1 Å². The zero-order valence-electron chi connectivity index (χ0n) is 13.0. The van der Waals surface area contributed by atoms with Gasteiger partial charge in [0.2, 0.25) is 10.0 Å². The van der Waals surface area contributed by atoms with Crippen molar-refractivity contribution in [2.75, 3.05) is 26.0 Å². The summed E-state index contributed by atoms with van der Waals surface area (Å²) in [7, 11) is -6.38. The summed E-state index contributed by atoms with van der Waals surface area (Å²) in [5, 5.41) is -0.743. The number of esters is 1. The number of hydrogen-bond acceptors (Lipinski definition) is 6. The number of hydrogen-bond donors (Lipinski definition) is 0. The van der Waals surface area contributed by atoms with Crippen LogP contribution >= 0.6 is 0 Å². The van der Waals surface area contributed by atoms with E-state index >= 15 is 0 Å². The van der Waals surface area contributed by atoms with Gasteiger partial charge < -0.3 is 4.74 Å². The van der Waals surface area contributed by atoms with Gasteiger partial charge in [0.15, 0.2) is 15.6 Å². The van der Waals surface area contributed by atoms with Crippen LogP contribution in [-0.2, 0) is 29.4 Å². The van der Waals surface area contributed by atoms with Gasteiger partial charge in [0.25, 0.3) is 0 Å². The Balaban J connectivity index is 2.07. The van der Waals surface area contributed by atoms with Crippen LogP contribution in [-0.4, -0.2) is 58.3 Å². The molecule has 0 N–H and O–H groups in total. The highest BCUT2D eigenvalue weighted by Crippen LogP contribution is 2.26. The van der Waals surface area contributed by atoms with Gasteiger partial charge in [-0.1, -0.05) is 0 Å². The van der Waals surface area contributed by atoms with E-state index in [4.69, 9.17) is 0 Å². The second-order valence-electron chi connectivity index (χ2n) is 5.43. The first kappa shape index (κ1) is 18.8. The minimum Gasteiger partial charge on any atom is -0.468 e. The average Bonchev–Trinajstić information content (AvgIpc) is 2.55. The molecule has 0 amide bonds. The summed E-state index contributed by atoms with van der Waals surface area (Å²) in [6.45, 7) is 0.00877. The van der Waals surface area contributed by atoms with Gasteiger partial charge in [-0.15, -0.1) is 0 Å². The standard InChI is InChI=1S/C14H18FNO6S2/c1-22-14(17)10-23(18,19)16-8-6-13(7-9-16)24(20,21)12-4-2-11(15)3-5-12/h2-5,13H,6-10H2,1H3. The molecule has 0 radical (unpaired) electrons. The normalized spacial score (nSPS) is 17.6. The van der Waals surface area contributed by atoms with E-state index in [1.807, 2.05) is 0 Å². The topological polar surface area (TPSA) is 97.8 Å². The molecule has 10 heteroatoms. The Morgan fingerprint density at radius 3 is 2.21 bits per heavy atom. The van der Waals surface area contributed by atoms with Gasteiger partial charge in [0.05, 0.1) is 17.3 Å². The molecular weight excluding hydrogens is 361 g/mol. The molecular formula is C14H18FNO6S2. The Morgan fingerprint density at radius 2 is 1.71 bits per heavy atom.